The minimum absolute atomic E-state index is 0. The molecule has 1 aliphatic heterocycles. The van der Waals surface area contributed by atoms with Crippen molar-refractivity contribution in [2.45, 2.75) is 24.8 Å². The van der Waals surface area contributed by atoms with Crippen molar-refractivity contribution >= 4 is 27.6 Å². The molecule has 1 aliphatic rings. The molecule has 0 spiro atoms. The fraction of sp³-hybridized carbons (Fsp3) is 0.222. The van der Waals surface area contributed by atoms with Crippen molar-refractivity contribution in [1.82, 2.24) is 14.6 Å². The van der Waals surface area contributed by atoms with E-state index in [1.807, 2.05) is 6.07 Å². The van der Waals surface area contributed by atoms with E-state index < -0.39 is 56.8 Å². The third-order valence-corrected chi connectivity index (χ3v) is 6.25. The second kappa shape index (κ2) is 7.68. The Morgan fingerprint density at radius 2 is 2.13 bits per heavy atom. The molecule has 0 saturated carbocycles. The molecule has 1 atom stereocenters. The van der Waals surface area contributed by atoms with Crippen molar-refractivity contribution in [3.05, 3.63) is 52.9 Å². The van der Waals surface area contributed by atoms with Gasteiger partial charge in [0, 0.05) is 9.05 Å². The van der Waals surface area contributed by atoms with Gasteiger partial charge in [0.1, 0.15) is 23.2 Å². The summed E-state index contributed by atoms with van der Waals surface area (Å²) >= 11 is 0. The average Bonchev–Trinajstić information content (AvgIpc) is 2.67. The number of nitrogens with zero attached hydrogens (tertiary/aromatic N) is 3. The van der Waals surface area contributed by atoms with Gasteiger partial charge in [0.15, 0.2) is 11.6 Å². The Bertz CT molecular complexity index is 1220. The quantitative estimate of drug-likeness (QED) is 0.752. The van der Waals surface area contributed by atoms with Gasteiger partial charge in [-0.1, -0.05) is 0 Å². The minimum atomic E-state index is -4.80. The SMILES string of the molecule is Cc1cc(C#N)ncc1[C@@H](C)NC(=O)CN1C(=O)Nc2ccc(F)c(F)c2S1(=O)=O.[HH].[HH]. The third kappa shape index (κ3) is 3.67. The Morgan fingerprint density at radius 1 is 1.43 bits per heavy atom. The van der Waals surface area contributed by atoms with Crippen molar-refractivity contribution in [1.29, 1.82) is 5.26 Å². The number of carbonyl (C=O) groups is 2. The second-order valence-corrected chi connectivity index (χ2v) is 8.31. The van der Waals surface area contributed by atoms with E-state index in [9.17, 15) is 26.8 Å². The lowest BCUT2D eigenvalue weighted by Crippen LogP contribution is -2.49. The highest BCUT2D eigenvalue weighted by atomic mass is 32.2. The summed E-state index contributed by atoms with van der Waals surface area (Å²) in [4.78, 5) is 27.4. The summed E-state index contributed by atoms with van der Waals surface area (Å²) in [7, 11) is -4.80. The number of carbonyl (C=O) groups excluding carboxylic acids is 2. The van der Waals surface area contributed by atoms with E-state index in [1.54, 1.807) is 13.8 Å². The van der Waals surface area contributed by atoms with E-state index in [2.05, 4.69) is 15.6 Å². The van der Waals surface area contributed by atoms with Crippen LogP contribution in [0.4, 0.5) is 19.3 Å². The summed E-state index contributed by atoms with van der Waals surface area (Å²) in [6.07, 6.45) is 1.40. The molecule has 12 heteroatoms. The smallest absolute Gasteiger partial charge is 0.336 e. The minimum Gasteiger partial charge on any atom is -0.348 e. The number of aryl methyl sites for hydroxylation is 1. The van der Waals surface area contributed by atoms with Gasteiger partial charge in [0.25, 0.3) is 10.0 Å². The number of amides is 3. The Labute approximate surface area is 173 Å². The molecule has 0 bridgehead atoms. The molecule has 0 fully saturated rings. The van der Waals surface area contributed by atoms with E-state index in [4.69, 9.17) is 5.26 Å². The Balaban J connectivity index is 0.00000256. The molecule has 2 aromatic rings. The zero-order valence-corrected chi connectivity index (χ0v) is 16.5. The summed E-state index contributed by atoms with van der Waals surface area (Å²) in [6.45, 7) is 2.36. The zero-order chi connectivity index (χ0) is 22.2. The summed E-state index contributed by atoms with van der Waals surface area (Å²) in [6, 6.07) is 3.21. The van der Waals surface area contributed by atoms with Gasteiger partial charge in [0.05, 0.1) is 11.7 Å². The van der Waals surface area contributed by atoms with Crippen LogP contribution in [0.2, 0.25) is 0 Å². The number of hydrogen-bond donors (Lipinski definition) is 2. The molecule has 3 amide bonds. The third-order valence-electron chi connectivity index (χ3n) is 4.46. The number of nitriles is 1. The lowest BCUT2D eigenvalue weighted by molar-refractivity contribution is -0.121. The Hall–Kier alpha value is -3.59. The lowest BCUT2D eigenvalue weighted by Gasteiger charge is -2.29. The molecule has 2 N–H and O–H groups in total. The molecular weight excluding hydrogens is 420 g/mol. The molecule has 0 unspecified atom stereocenters. The number of nitrogens with one attached hydrogen (secondary N) is 2. The predicted molar refractivity (Wildman–Crippen MR) is 104 cm³/mol. The van der Waals surface area contributed by atoms with Crippen molar-refractivity contribution in [2.24, 2.45) is 0 Å². The van der Waals surface area contributed by atoms with Crippen LogP contribution in [-0.2, 0) is 14.8 Å². The monoisotopic (exact) mass is 439 g/mol. The molecule has 9 nitrogen and oxygen atoms in total. The molecule has 1 aromatic heterocycles. The first-order valence-electron chi connectivity index (χ1n) is 8.54. The fourth-order valence-electron chi connectivity index (χ4n) is 3.01. The van der Waals surface area contributed by atoms with Crippen molar-refractivity contribution < 1.29 is 29.6 Å². The van der Waals surface area contributed by atoms with Crippen LogP contribution in [0.3, 0.4) is 0 Å². The van der Waals surface area contributed by atoms with Crippen molar-refractivity contribution in [2.75, 3.05) is 11.9 Å². The number of rotatable bonds is 4. The van der Waals surface area contributed by atoms with Gasteiger partial charge in [0.2, 0.25) is 5.91 Å². The van der Waals surface area contributed by atoms with E-state index in [0.29, 0.717) is 17.2 Å². The van der Waals surface area contributed by atoms with E-state index >= 15 is 0 Å². The van der Waals surface area contributed by atoms with Gasteiger partial charge in [-0.15, -0.1) is 0 Å². The van der Waals surface area contributed by atoms with Gasteiger partial charge in [-0.25, -0.2) is 31.3 Å². The number of fused-ring (bicyclic) bond motifs is 1. The molecule has 1 aromatic carbocycles. The molecule has 0 saturated heterocycles. The molecule has 0 aliphatic carbocycles. The van der Waals surface area contributed by atoms with Gasteiger partial charge in [-0.2, -0.15) is 5.26 Å². The van der Waals surface area contributed by atoms with E-state index in [0.717, 1.165) is 6.07 Å². The highest BCUT2D eigenvalue weighted by molar-refractivity contribution is 7.90. The molecule has 30 heavy (non-hydrogen) atoms. The van der Waals surface area contributed by atoms with Crippen LogP contribution >= 0.6 is 0 Å². The fourth-order valence-corrected chi connectivity index (χ4v) is 4.51. The topological polar surface area (TPSA) is 132 Å². The van der Waals surface area contributed by atoms with E-state index in [1.165, 1.54) is 12.3 Å². The highest BCUT2D eigenvalue weighted by Crippen LogP contribution is 2.33. The molecule has 160 valence electrons. The summed E-state index contributed by atoms with van der Waals surface area (Å²) in [5, 5.41) is 13.5. The van der Waals surface area contributed by atoms with Gasteiger partial charge in [-0.3, -0.25) is 4.79 Å². The van der Waals surface area contributed by atoms with Gasteiger partial charge in [-0.05, 0) is 43.2 Å². The number of urea groups is 1. The molecule has 2 heterocycles. The second-order valence-electron chi connectivity index (χ2n) is 6.51. The predicted octanol–water partition coefficient (Wildman–Crippen LogP) is 2.45. The van der Waals surface area contributed by atoms with Crippen LogP contribution in [0, 0.1) is 29.9 Å². The van der Waals surface area contributed by atoms with Crippen LogP contribution in [0.1, 0.15) is 32.6 Å². The number of hydrogen-bond acceptors (Lipinski definition) is 6. The number of benzene rings is 1. The Kier molecular flexibility index (Phi) is 5.41. The van der Waals surface area contributed by atoms with Crippen LogP contribution in [0.5, 0.6) is 0 Å². The summed E-state index contributed by atoms with van der Waals surface area (Å²) in [5.41, 5.74) is 1.03. The first kappa shape index (κ1) is 21.1. The maximum atomic E-state index is 14.1. The molecular formula is C18H19F2N5O4S. The molecule has 3 rings (SSSR count). The van der Waals surface area contributed by atoms with Crippen LogP contribution in [-0.4, -0.2) is 36.2 Å². The summed E-state index contributed by atoms with van der Waals surface area (Å²) in [5.74, 6) is -3.91. The average molecular weight is 439 g/mol. The first-order chi connectivity index (χ1) is 14.1. The lowest BCUT2D eigenvalue weighted by atomic mass is 10.0. The number of anilines is 1. The standard InChI is InChI=1S/C18H15F2N5O4S.2H2/c1-9-5-11(6-21)22-7-12(9)10(2)23-15(26)8-25-18(27)24-14-4-3-13(19)16(20)17(14)30(25,28)29;;/h3-5,7,10H,8H2,1-2H3,(H,23,26)(H,24,27);2*1H/t10-;;/m1../s1. The largest absolute Gasteiger partial charge is 0.348 e. The Morgan fingerprint density at radius 3 is 2.77 bits per heavy atom. The number of aromatic nitrogens is 1. The van der Waals surface area contributed by atoms with Gasteiger partial charge < -0.3 is 10.6 Å². The highest BCUT2D eigenvalue weighted by Gasteiger charge is 2.41. The maximum absolute atomic E-state index is 14.1. The van der Waals surface area contributed by atoms with Gasteiger partial charge >= 0.3 is 6.03 Å². The van der Waals surface area contributed by atoms with Crippen molar-refractivity contribution in [3.8, 4) is 6.07 Å². The normalized spacial score (nSPS) is 15.6. The zero-order valence-electron chi connectivity index (χ0n) is 15.7. The summed E-state index contributed by atoms with van der Waals surface area (Å²) < 4.78 is 53.0. The maximum Gasteiger partial charge on any atom is 0.336 e. The van der Waals surface area contributed by atoms with Crippen molar-refractivity contribution in [3.63, 3.8) is 0 Å². The number of pyridine rings is 1. The van der Waals surface area contributed by atoms with Crippen LogP contribution < -0.4 is 10.6 Å². The molecule has 0 radical (unpaired) electrons. The van der Waals surface area contributed by atoms with E-state index in [-0.39, 0.29) is 12.9 Å². The number of sulfonamides is 1. The first-order valence-corrected chi connectivity index (χ1v) is 9.98. The van der Waals surface area contributed by atoms with Crippen LogP contribution in [0.15, 0.2) is 29.3 Å². The van der Waals surface area contributed by atoms with Crippen LogP contribution in [0.25, 0.3) is 0 Å². The number of halogens is 2.